The van der Waals surface area contributed by atoms with E-state index in [1.165, 1.54) is 22.2 Å². The topological polar surface area (TPSA) is 73.2 Å². The summed E-state index contributed by atoms with van der Waals surface area (Å²) in [5.74, 6) is 0.223. The van der Waals surface area contributed by atoms with Crippen LogP contribution >= 0.6 is 23.1 Å². The highest BCUT2D eigenvalue weighted by Crippen LogP contribution is 2.35. The van der Waals surface area contributed by atoms with Crippen molar-refractivity contribution in [3.8, 4) is 0 Å². The van der Waals surface area contributed by atoms with Gasteiger partial charge in [0.15, 0.2) is 5.16 Å². The molecule has 1 aliphatic carbocycles. The van der Waals surface area contributed by atoms with Gasteiger partial charge in [-0.25, -0.2) is 4.98 Å². The molecule has 0 spiro atoms. The molecule has 146 valence electrons. The van der Waals surface area contributed by atoms with Crippen molar-refractivity contribution in [3.63, 3.8) is 0 Å². The van der Waals surface area contributed by atoms with Gasteiger partial charge in [-0.05, 0) is 44.1 Å². The van der Waals surface area contributed by atoms with E-state index in [1.807, 2.05) is 0 Å². The second-order valence-corrected chi connectivity index (χ2v) is 9.14. The van der Waals surface area contributed by atoms with Gasteiger partial charge in [-0.15, -0.1) is 11.3 Å². The molecule has 1 fully saturated rings. The van der Waals surface area contributed by atoms with Crippen LogP contribution in [-0.4, -0.2) is 40.5 Å². The normalized spacial score (nSPS) is 18.9. The molecule has 1 atom stereocenters. The summed E-state index contributed by atoms with van der Waals surface area (Å²) >= 11 is 3.00. The van der Waals surface area contributed by atoms with Gasteiger partial charge in [0, 0.05) is 24.6 Å². The lowest BCUT2D eigenvalue weighted by Gasteiger charge is -2.13. The van der Waals surface area contributed by atoms with Gasteiger partial charge in [-0.3, -0.25) is 14.2 Å². The quantitative estimate of drug-likeness (QED) is 0.564. The summed E-state index contributed by atoms with van der Waals surface area (Å²) in [6, 6.07) is 0. The molecule has 2 aliphatic rings. The molecule has 0 aromatic carbocycles. The lowest BCUT2D eigenvalue weighted by molar-refractivity contribution is -0.119. The maximum atomic E-state index is 13.1. The molecule has 27 heavy (non-hydrogen) atoms. The average Bonchev–Trinajstić information content (AvgIpc) is 3.37. The van der Waals surface area contributed by atoms with Gasteiger partial charge >= 0.3 is 0 Å². The number of carbonyl (C=O) groups is 1. The largest absolute Gasteiger partial charge is 0.376 e. The van der Waals surface area contributed by atoms with E-state index in [9.17, 15) is 9.59 Å². The van der Waals surface area contributed by atoms with Gasteiger partial charge in [-0.2, -0.15) is 0 Å². The van der Waals surface area contributed by atoms with Gasteiger partial charge in [0.25, 0.3) is 5.56 Å². The van der Waals surface area contributed by atoms with Crippen LogP contribution in [-0.2, 0) is 28.9 Å². The van der Waals surface area contributed by atoms with E-state index >= 15 is 0 Å². The lowest BCUT2D eigenvalue weighted by Crippen LogP contribution is -2.33. The maximum Gasteiger partial charge on any atom is 0.263 e. The molecule has 8 heteroatoms. The Morgan fingerprint density at radius 3 is 3.07 bits per heavy atom. The molecule has 6 nitrogen and oxygen atoms in total. The minimum atomic E-state index is -0.0402. The van der Waals surface area contributed by atoms with Crippen molar-refractivity contribution in [2.24, 2.45) is 0 Å². The fraction of sp³-hybridized carbons (Fsp3) is 0.632. The number of nitrogens with one attached hydrogen (secondary N) is 1. The number of hydrogen-bond acceptors (Lipinski definition) is 6. The standard InChI is InChI=1S/C19H25N3O3S2/c1-2-8-22-18(24)16-13-6-3-7-14(13)27-17(16)21-19(22)26-11-15(23)20-10-12-5-4-9-25-12/h12H,2-11H2,1H3,(H,20,23)/t12-/m0/s1. The average molecular weight is 408 g/mol. The summed E-state index contributed by atoms with van der Waals surface area (Å²) in [6.07, 6.45) is 6.23. The van der Waals surface area contributed by atoms with Gasteiger partial charge in [0.05, 0.1) is 17.2 Å². The Hall–Kier alpha value is -1.38. The molecular formula is C19H25N3O3S2. The van der Waals surface area contributed by atoms with Crippen LogP contribution in [0.5, 0.6) is 0 Å². The van der Waals surface area contributed by atoms with E-state index in [0.29, 0.717) is 18.2 Å². The summed E-state index contributed by atoms with van der Waals surface area (Å²) in [5, 5.41) is 4.40. The minimum Gasteiger partial charge on any atom is -0.376 e. The fourth-order valence-corrected chi connectivity index (χ4v) is 5.96. The van der Waals surface area contributed by atoms with Gasteiger partial charge in [0.2, 0.25) is 5.91 Å². The predicted molar refractivity (Wildman–Crippen MR) is 109 cm³/mol. The van der Waals surface area contributed by atoms with E-state index in [-0.39, 0.29) is 23.3 Å². The number of nitrogens with zero attached hydrogens (tertiary/aromatic N) is 2. The Morgan fingerprint density at radius 2 is 2.30 bits per heavy atom. The highest BCUT2D eigenvalue weighted by Gasteiger charge is 2.23. The first-order chi connectivity index (χ1) is 13.2. The molecule has 4 rings (SSSR count). The Morgan fingerprint density at radius 1 is 1.41 bits per heavy atom. The van der Waals surface area contributed by atoms with E-state index in [2.05, 4.69) is 12.2 Å². The molecule has 1 N–H and O–H groups in total. The van der Waals surface area contributed by atoms with Crippen molar-refractivity contribution in [3.05, 3.63) is 20.8 Å². The number of thioether (sulfide) groups is 1. The van der Waals surface area contributed by atoms with Crippen LogP contribution in [0.15, 0.2) is 9.95 Å². The number of thiophene rings is 1. The van der Waals surface area contributed by atoms with Crippen molar-refractivity contribution in [1.29, 1.82) is 0 Å². The Balaban J connectivity index is 1.51. The van der Waals surface area contributed by atoms with Crippen LogP contribution in [0.4, 0.5) is 0 Å². The van der Waals surface area contributed by atoms with Crippen LogP contribution in [0.3, 0.4) is 0 Å². The monoisotopic (exact) mass is 407 g/mol. The number of aryl methyl sites for hydroxylation is 2. The Labute approximate surface area is 166 Å². The van der Waals surface area contributed by atoms with Crippen molar-refractivity contribution in [2.75, 3.05) is 18.9 Å². The first kappa shape index (κ1) is 19.0. The molecule has 0 bridgehead atoms. The molecule has 0 unspecified atom stereocenters. The third-order valence-electron chi connectivity index (χ3n) is 5.12. The zero-order valence-corrected chi connectivity index (χ0v) is 17.2. The Bertz CT molecular complexity index is 900. The molecule has 2 aromatic rings. The number of fused-ring (bicyclic) bond motifs is 3. The van der Waals surface area contributed by atoms with Gasteiger partial charge in [0.1, 0.15) is 4.83 Å². The van der Waals surface area contributed by atoms with Crippen LogP contribution in [0, 0.1) is 0 Å². The number of rotatable bonds is 7. The molecule has 2 aromatic heterocycles. The summed E-state index contributed by atoms with van der Waals surface area (Å²) < 4.78 is 7.29. The third kappa shape index (κ3) is 3.93. The van der Waals surface area contributed by atoms with E-state index in [4.69, 9.17) is 9.72 Å². The highest BCUT2D eigenvalue weighted by molar-refractivity contribution is 7.99. The van der Waals surface area contributed by atoms with Crippen LogP contribution in [0.1, 0.15) is 43.0 Å². The van der Waals surface area contributed by atoms with Crippen molar-refractivity contribution in [1.82, 2.24) is 14.9 Å². The molecule has 0 radical (unpaired) electrons. The van der Waals surface area contributed by atoms with Gasteiger partial charge < -0.3 is 10.1 Å². The summed E-state index contributed by atoms with van der Waals surface area (Å²) in [6.45, 7) is 4.03. The minimum absolute atomic E-state index is 0.0402. The summed E-state index contributed by atoms with van der Waals surface area (Å²) in [7, 11) is 0. The second-order valence-electron chi connectivity index (χ2n) is 7.12. The van der Waals surface area contributed by atoms with E-state index < -0.39 is 0 Å². The maximum absolute atomic E-state index is 13.1. The van der Waals surface area contributed by atoms with E-state index in [0.717, 1.165) is 55.3 Å². The van der Waals surface area contributed by atoms with Crippen molar-refractivity contribution < 1.29 is 9.53 Å². The molecular weight excluding hydrogens is 382 g/mol. The second kappa shape index (κ2) is 8.32. The first-order valence-corrected chi connectivity index (χ1v) is 11.5. The molecule has 1 aliphatic heterocycles. The first-order valence-electron chi connectivity index (χ1n) is 9.73. The van der Waals surface area contributed by atoms with Crippen LogP contribution in [0.2, 0.25) is 0 Å². The zero-order valence-electron chi connectivity index (χ0n) is 15.6. The van der Waals surface area contributed by atoms with Crippen LogP contribution in [0.25, 0.3) is 10.2 Å². The molecule has 1 saturated heterocycles. The lowest BCUT2D eigenvalue weighted by atomic mass is 10.2. The summed E-state index contributed by atoms with van der Waals surface area (Å²) in [5.41, 5.74) is 1.27. The summed E-state index contributed by atoms with van der Waals surface area (Å²) in [4.78, 5) is 32.2. The third-order valence-corrected chi connectivity index (χ3v) is 7.28. The number of aromatic nitrogens is 2. The van der Waals surface area contributed by atoms with Crippen LogP contribution < -0.4 is 10.9 Å². The van der Waals surface area contributed by atoms with Crippen molar-refractivity contribution >= 4 is 39.2 Å². The number of hydrogen-bond donors (Lipinski definition) is 1. The predicted octanol–water partition coefficient (Wildman–Crippen LogP) is 2.74. The molecule has 1 amide bonds. The highest BCUT2D eigenvalue weighted by atomic mass is 32.2. The SMILES string of the molecule is CCCn1c(SCC(=O)NC[C@@H]2CCCO2)nc2sc3c(c2c1=O)CCC3. The Kier molecular flexibility index (Phi) is 5.85. The van der Waals surface area contributed by atoms with E-state index in [1.54, 1.807) is 15.9 Å². The fourth-order valence-electron chi connectivity index (χ4n) is 3.80. The zero-order chi connectivity index (χ0) is 18.8. The molecule has 0 saturated carbocycles. The number of ether oxygens (including phenoxy) is 1. The number of amides is 1. The smallest absolute Gasteiger partial charge is 0.263 e. The van der Waals surface area contributed by atoms with Gasteiger partial charge in [-0.1, -0.05) is 18.7 Å². The number of carbonyl (C=O) groups excluding carboxylic acids is 1. The molecule has 3 heterocycles. The van der Waals surface area contributed by atoms with Crippen molar-refractivity contribution in [2.45, 2.75) is 63.3 Å².